The number of hydrogen-bond donors (Lipinski definition) is 0. The first-order valence-electron chi connectivity index (χ1n) is 6.21. The van der Waals surface area contributed by atoms with Gasteiger partial charge in [0, 0.05) is 36.9 Å². The standard InChI is InChI=1S/C12H21ClN2O2S2/c1-11(2)15(10-12-6-4-9-18-12)19(16,17)14(3)8-5-7-13/h4,6,9,11H,5,7-8,10H2,1-3H3. The van der Waals surface area contributed by atoms with E-state index in [2.05, 4.69) is 0 Å². The van der Waals surface area contributed by atoms with Gasteiger partial charge in [0.05, 0.1) is 0 Å². The van der Waals surface area contributed by atoms with Crippen LogP contribution in [0, 0.1) is 0 Å². The van der Waals surface area contributed by atoms with E-state index in [1.807, 2.05) is 31.4 Å². The second-order valence-electron chi connectivity index (χ2n) is 4.59. The lowest BCUT2D eigenvalue weighted by atomic mass is 10.4. The summed E-state index contributed by atoms with van der Waals surface area (Å²) in [6, 6.07) is 3.81. The molecule has 1 aromatic rings. The van der Waals surface area contributed by atoms with E-state index in [1.54, 1.807) is 18.4 Å². The fraction of sp³-hybridized carbons (Fsp3) is 0.667. The van der Waals surface area contributed by atoms with Crippen molar-refractivity contribution in [2.24, 2.45) is 0 Å². The highest BCUT2D eigenvalue weighted by Crippen LogP contribution is 2.19. The molecule has 0 aliphatic carbocycles. The minimum Gasteiger partial charge on any atom is -0.195 e. The van der Waals surface area contributed by atoms with Crippen molar-refractivity contribution in [2.75, 3.05) is 19.5 Å². The number of nitrogens with zero attached hydrogens (tertiary/aromatic N) is 2. The van der Waals surface area contributed by atoms with Gasteiger partial charge in [0.25, 0.3) is 10.2 Å². The first kappa shape index (κ1) is 16.9. The normalized spacial score (nSPS) is 12.8. The molecule has 0 unspecified atom stereocenters. The van der Waals surface area contributed by atoms with Gasteiger partial charge in [-0.1, -0.05) is 6.07 Å². The highest BCUT2D eigenvalue weighted by atomic mass is 35.5. The molecule has 19 heavy (non-hydrogen) atoms. The molecule has 1 heterocycles. The molecule has 0 fully saturated rings. The van der Waals surface area contributed by atoms with Gasteiger partial charge in [0.15, 0.2) is 0 Å². The first-order chi connectivity index (χ1) is 8.89. The van der Waals surface area contributed by atoms with Crippen LogP contribution < -0.4 is 0 Å². The van der Waals surface area contributed by atoms with E-state index in [-0.39, 0.29) is 6.04 Å². The fourth-order valence-electron chi connectivity index (χ4n) is 1.66. The Morgan fingerprint density at radius 2 is 2.11 bits per heavy atom. The summed E-state index contributed by atoms with van der Waals surface area (Å²) in [6.07, 6.45) is 0.655. The quantitative estimate of drug-likeness (QED) is 0.690. The molecule has 1 aromatic heterocycles. The van der Waals surface area contributed by atoms with Crippen LogP contribution in [-0.4, -0.2) is 42.5 Å². The Kier molecular flexibility index (Phi) is 6.76. The molecule has 0 saturated heterocycles. The maximum absolute atomic E-state index is 12.5. The predicted octanol–water partition coefficient (Wildman–Crippen LogP) is 2.76. The third-order valence-corrected chi connectivity index (χ3v) is 6.01. The van der Waals surface area contributed by atoms with Gasteiger partial charge in [-0.25, -0.2) is 0 Å². The van der Waals surface area contributed by atoms with Crippen molar-refractivity contribution >= 4 is 33.1 Å². The van der Waals surface area contributed by atoms with E-state index < -0.39 is 10.2 Å². The average molecular weight is 325 g/mol. The lowest BCUT2D eigenvalue weighted by Crippen LogP contribution is -2.45. The van der Waals surface area contributed by atoms with Gasteiger partial charge < -0.3 is 0 Å². The predicted molar refractivity (Wildman–Crippen MR) is 81.9 cm³/mol. The molecule has 0 aromatic carbocycles. The maximum Gasteiger partial charge on any atom is 0.282 e. The van der Waals surface area contributed by atoms with Crippen molar-refractivity contribution in [1.82, 2.24) is 8.61 Å². The summed E-state index contributed by atoms with van der Waals surface area (Å²) in [6.45, 7) is 4.64. The van der Waals surface area contributed by atoms with Crippen LogP contribution >= 0.6 is 22.9 Å². The first-order valence-corrected chi connectivity index (χ1v) is 9.02. The topological polar surface area (TPSA) is 40.6 Å². The second-order valence-corrected chi connectivity index (χ2v) is 7.99. The van der Waals surface area contributed by atoms with Crippen LogP contribution in [0.5, 0.6) is 0 Å². The molecular formula is C12H21ClN2O2S2. The highest BCUT2D eigenvalue weighted by Gasteiger charge is 2.29. The zero-order chi connectivity index (χ0) is 14.5. The van der Waals surface area contributed by atoms with E-state index in [4.69, 9.17) is 11.6 Å². The number of alkyl halides is 1. The van der Waals surface area contributed by atoms with E-state index in [9.17, 15) is 8.42 Å². The Balaban J connectivity index is 2.85. The van der Waals surface area contributed by atoms with Gasteiger partial charge in [0.2, 0.25) is 0 Å². The van der Waals surface area contributed by atoms with Crippen LogP contribution in [0.15, 0.2) is 17.5 Å². The van der Waals surface area contributed by atoms with Crippen molar-refractivity contribution < 1.29 is 8.42 Å². The Labute approximate surface area is 125 Å². The smallest absolute Gasteiger partial charge is 0.195 e. The van der Waals surface area contributed by atoms with Gasteiger partial charge in [-0.3, -0.25) is 0 Å². The highest BCUT2D eigenvalue weighted by molar-refractivity contribution is 7.86. The molecule has 0 amide bonds. The summed E-state index contributed by atoms with van der Waals surface area (Å²) >= 11 is 7.19. The lowest BCUT2D eigenvalue weighted by molar-refractivity contribution is 0.314. The lowest BCUT2D eigenvalue weighted by Gasteiger charge is -2.30. The fourth-order valence-corrected chi connectivity index (χ4v) is 4.12. The summed E-state index contributed by atoms with van der Waals surface area (Å²) in [5, 5.41) is 1.96. The molecule has 0 saturated carbocycles. The summed E-state index contributed by atoms with van der Waals surface area (Å²) < 4.78 is 27.9. The molecule has 1 rings (SSSR count). The monoisotopic (exact) mass is 324 g/mol. The molecule has 4 nitrogen and oxygen atoms in total. The molecular weight excluding hydrogens is 304 g/mol. The third kappa shape index (κ3) is 4.72. The maximum atomic E-state index is 12.5. The summed E-state index contributed by atoms with van der Waals surface area (Å²) in [5.74, 6) is 0.465. The molecule has 0 N–H and O–H groups in total. The van der Waals surface area contributed by atoms with Gasteiger partial charge in [-0.2, -0.15) is 17.0 Å². The van der Waals surface area contributed by atoms with Crippen LogP contribution in [-0.2, 0) is 16.8 Å². The number of halogens is 1. The van der Waals surface area contributed by atoms with Crippen molar-refractivity contribution in [3.05, 3.63) is 22.4 Å². The average Bonchev–Trinajstić information content (AvgIpc) is 2.85. The van der Waals surface area contributed by atoms with Gasteiger partial charge >= 0.3 is 0 Å². The molecule has 0 spiro atoms. The minimum absolute atomic E-state index is 0.0782. The van der Waals surface area contributed by atoms with Crippen molar-refractivity contribution in [3.8, 4) is 0 Å². The van der Waals surface area contributed by atoms with Gasteiger partial charge in [-0.05, 0) is 31.7 Å². The summed E-state index contributed by atoms with van der Waals surface area (Å²) in [5.41, 5.74) is 0. The van der Waals surface area contributed by atoms with Crippen molar-refractivity contribution in [3.63, 3.8) is 0 Å². The number of hydrogen-bond acceptors (Lipinski definition) is 3. The Hall–Kier alpha value is -0.140. The van der Waals surface area contributed by atoms with E-state index in [0.717, 1.165) is 4.88 Å². The Morgan fingerprint density at radius 1 is 1.42 bits per heavy atom. The van der Waals surface area contributed by atoms with Crippen molar-refractivity contribution in [2.45, 2.75) is 32.9 Å². The van der Waals surface area contributed by atoms with Gasteiger partial charge in [0.1, 0.15) is 0 Å². The van der Waals surface area contributed by atoms with E-state index in [0.29, 0.717) is 25.4 Å². The summed E-state index contributed by atoms with van der Waals surface area (Å²) in [7, 11) is -1.83. The molecule has 0 bridgehead atoms. The largest absolute Gasteiger partial charge is 0.282 e. The Morgan fingerprint density at radius 3 is 2.58 bits per heavy atom. The molecule has 7 heteroatoms. The van der Waals surface area contributed by atoms with E-state index >= 15 is 0 Å². The third-order valence-electron chi connectivity index (χ3n) is 2.76. The van der Waals surface area contributed by atoms with Crippen LogP contribution in [0.1, 0.15) is 25.1 Å². The second kappa shape index (κ2) is 7.59. The number of rotatable bonds is 8. The van der Waals surface area contributed by atoms with Crippen LogP contribution in [0.4, 0.5) is 0 Å². The van der Waals surface area contributed by atoms with Crippen LogP contribution in [0.25, 0.3) is 0 Å². The van der Waals surface area contributed by atoms with Crippen molar-refractivity contribution in [1.29, 1.82) is 0 Å². The molecule has 0 radical (unpaired) electrons. The molecule has 0 aliphatic heterocycles. The molecule has 0 atom stereocenters. The number of thiophene rings is 1. The van der Waals surface area contributed by atoms with E-state index in [1.165, 1.54) is 8.61 Å². The minimum atomic E-state index is -3.43. The Bertz CT molecular complexity index is 460. The zero-order valence-electron chi connectivity index (χ0n) is 11.5. The van der Waals surface area contributed by atoms with Crippen LogP contribution in [0.2, 0.25) is 0 Å². The molecule has 0 aliphatic rings. The SMILES string of the molecule is CC(C)N(Cc1cccs1)S(=O)(=O)N(C)CCCCl. The summed E-state index contributed by atoms with van der Waals surface area (Å²) in [4.78, 5) is 1.04. The zero-order valence-corrected chi connectivity index (χ0v) is 13.9. The molecule has 110 valence electrons. The van der Waals surface area contributed by atoms with Gasteiger partial charge in [-0.15, -0.1) is 22.9 Å². The van der Waals surface area contributed by atoms with Crippen LogP contribution in [0.3, 0.4) is 0 Å².